The highest BCUT2D eigenvalue weighted by Crippen LogP contribution is 2.13. The van der Waals surface area contributed by atoms with E-state index >= 15 is 0 Å². The largest absolute Gasteiger partial charge is 0.394 e. The molecule has 1 aromatic rings. The normalized spacial score (nSPS) is 12.8. The van der Waals surface area contributed by atoms with Crippen molar-refractivity contribution < 1.29 is 10.2 Å². The molecule has 0 saturated carbocycles. The molecule has 2 nitrogen and oxygen atoms in total. The molecular formula is C10H15O2S2+. The zero-order valence-electron chi connectivity index (χ0n) is 7.81. The molecule has 0 aliphatic carbocycles. The van der Waals surface area contributed by atoms with Crippen LogP contribution in [0.3, 0.4) is 0 Å². The average Bonchev–Trinajstić information content (AvgIpc) is 2.21. The molecule has 0 bridgehead atoms. The Morgan fingerprint density at radius 3 is 2.50 bits per heavy atom. The van der Waals surface area contributed by atoms with Crippen LogP contribution in [-0.2, 0) is 18.4 Å². The van der Waals surface area contributed by atoms with Crippen molar-refractivity contribution in [2.24, 2.45) is 0 Å². The van der Waals surface area contributed by atoms with Gasteiger partial charge in [0.05, 0.1) is 12.7 Å². The predicted molar refractivity (Wildman–Crippen MR) is 64.1 cm³/mol. The smallest absolute Gasteiger partial charge is 0.150 e. The van der Waals surface area contributed by atoms with E-state index in [-0.39, 0.29) is 6.61 Å². The molecule has 0 radical (unpaired) electrons. The van der Waals surface area contributed by atoms with Crippen molar-refractivity contribution in [3.05, 3.63) is 29.8 Å². The van der Waals surface area contributed by atoms with Crippen molar-refractivity contribution in [3.8, 4) is 0 Å². The number of rotatable bonds is 5. The molecule has 0 aliphatic heterocycles. The summed E-state index contributed by atoms with van der Waals surface area (Å²) in [4.78, 5) is 1.06. The number of hydrogen-bond acceptors (Lipinski definition) is 3. The number of thioether (sulfide) groups is 1. The molecule has 1 rings (SSSR count). The number of hydrogen-bond donors (Lipinski definition) is 2. The van der Waals surface area contributed by atoms with E-state index in [1.165, 1.54) is 5.56 Å². The lowest BCUT2D eigenvalue weighted by molar-refractivity contribution is 0.113. The molecule has 14 heavy (non-hydrogen) atoms. The van der Waals surface area contributed by atoms with Crippen molar-refractivity contribution in [2.75, 3.05) is 12.4 Å². The SMILES string of the molecule is OCC(O)CSCc1ccc([SH2+])cc1. The molecule has 0 fully saturated rings. The van der Waals surface area contributed by atoms with E-state index in [1.807, 2.05) is 24.3 Å². The molecule has 0 aromatic heterocycles. The minimum absolute atomic E-state index is 0.160. The van der Waals surface area contributed by atoms with Gasteiger partial charge in [0.15, 0.2) is 0 Å². The molecular weight excluding hydrogens is 216 g/mol. The van der Waals surface area contributed by atoms with Gasteiger partial charge in [-0.15, -0.1) is 0 Å². The summed E-state index contributed by atoms with van der Waals surface area (Å²) in [6.07, 6.45) is -0.602. The Labute approximate surface area is 93.8 Å². The van der Waals surface area contributed by atoms with Gasteiger partial charge in [0.25, 0.3) is 0 Å². The van der Waals surface area contributed by atoms with Gasteiger partial charge in [-0.25, -0.2) is 0 Å². The first-order chi connectivity index (χ1) is 6.72. The first-order valence-electron chi connectivity index (χ1n) is 4.39. The second-order valence-electron chi connectivity index (χ2n) is 3.05. The first kappa shape index (κ1) is 11.9. The third kappa shape index (κ3) is 4.37. The number of aliphatic hydroxyl groups is 2. The van der Waals surface area contributed by atoms with Crippen LogP contribution in [0.15, 0.2) is 29.2 Å². The maximum Gasteiger partial charge on any atom is 0.150 e. The Kier molecular flexibility index (Phi) is 5.40. The predicted octanol–water partition coefficient (Wildman–Crippen LogP) is 0.643. The molecule has 2 N–H and O–H groups in total. The van der Waals surface area contributed by atoms with E-state index in [0.717, 1.165) is 10.6 Å². The minimum atomic E-state index is -0.602. The van der Waals surface area contributed by atoms with Crippen LogP contribution in [0.2, 0.25) is 0 Å². The van der Waals surface area contributed by atoms with Crippen molar-refractivity contribution in [3.63, 3.8) is 0 Å². The topological polar surface area (TPSA) is 40.5 Å². The maximum atomic E-state index is 9.10. The molecule has 0 heterocycles. The fourth-order valence-corrected chi connectivity index (χ4v) is 2.06. The fraction of sp³-hybridized carbons (Fsp3) is 0.400. The highest BCUT2D eigenvalue weighted by atomic mass is 32.2. The van der Waals surface area contributed by atoms with Gasteiger partial charge in [-0.1, -0.05) is 12.1 Å². The van der Waals surface area contributed by atoms with Crippen LogP contribution < -0.4 is 0 Å². The molecule has 0 aliphatic rings. The van der Waals surface area contributed by atoms with E-state index in [9.17, 15) is 0 Å². The second-order valence-corrected chi connectivity index (χ2v) is 4.66. The van der Waals surface area contributed by atoms with Gasteiger partial charge in [0.1, 0.15) is 4.90 Å². The van der Waals surface area contributed by atoms with Crippen LogP contribution >= 0.6 is 11.8 Å². The molecule has 0 spiro atoms. The van der Waals surface area contributed by atoms with Gasteiger partial charge < -0.3 is 10.2 Å². The Hall–Kier alpha value is -0.160. The van der Waals surface area contributed by atoms with Gasteiger partial charge in [-0.2, -0.15) is 11.8 Å². The summed E-state index contributed by atoms with van der Waals surface area (Å²) in [5.74, 6) is 1.44. The van der Waals surface area contributed by atoms with Gasteiger partial charge in [0.2, 0.25) is 0 Å². The summed E-state index contributed by atoms with van der Waals surface area (Å²) in [6, 6.07) is 8.08. The van der Waals surface area contributed by atoms with Gasteiger partial charge in [-0.05, 0) is 30.3 Å². The third-order valence-corrected chi connectivity index (χ3v) is 3.23. The van der Waals surface area contributed by atoms with Crippen molar-refractivity contribution >= 4 is 24.4 Å². The lowest BCUT2D eigenvalue weighted by Gasteiger charge is -2.05. The summed E-state index contributed by atoms with van der Waals surface area (Å²) in [6.45, 7) is -0.160. The van der Waals surface area contributed by atoms with Gasteiger partial charge in [0, 0.05) is 11.5 Å². The maximum absolute atomic E-state index is 9.10. The standard InChI is InChI=1S/C10H14O2S2/c11-5-9(12)7-14-6-8-1-3-10(13)4-2-8/h1-4,9,11-13H,5-7H2/p+1. The molecule has 1 unspecified atom stereocenters. The van der Waals surface area contributed by atoms with Crippen LogP contribution in [-0.4, -0.2) is 28.7 Å². The summed E-state index contributed by atoms with van der Waals surface area (Å²) in [7, 11) is 0. The Balaban J connectivity index is 2.28. The first-order valence-corrected chi connectivity index (χ1v) is 6.05. The van der Waals surface area contributed by atoms with Crippen molar-refractivity contribution in [1.82, 2.24) is 0 Å². The van der Waals surface area contributed by atoms with Crippen LogP contribution in [0.1, 0.15) is 5.56 Å². The summed E-state index contributed by atoms with van der Waals surface area (Å²) in [5.41, 5.74) is 1.22. The molecule has 1 atom stereocenters. The van der Waals surface area contributed by atoms with Gasteiger partial charge >= 0.3 is 0 Å². The fourth-order valence-electron chi connectivity index (χ4n) is 0.966. The summed E-state index contributed by atoms with van der Waals surface area (Å²) < 4.78 is 0. The molecule has 0 amide bonds. The third-order valence-electron chi connectivity index (χ3n) is 1.74. The Bertz CT molecular complexity index is 261. The van der Waals surface area contributed by atoms with Crippen molar-refractivity contribution in [2.45, 2.75) is 16.8 Å². The molecule has 4 heteroatoms. The monoisotopic (exact) mass is 231 g/mol. The zero-order valence-corrected chi connectivity index (χ0v) is 9.63. The lowest BCUT2D eigenvalue weighted by Crippen LogP contribution is -2.14. The van der Waals surface area contributed by atoms with Crippen LogP contribution in [0.4, 0.5) is 0 Å². The lowest BCUT2D eigenvalue weighted by atomic mass is 10.2. The van der Waals surface area contributed by atoms with E-state index in [1.54, 1.807) is 11.8 Å². The molecule has 0 saturated heterocycles. The van der Waals surface area contributed by atoms with Gasteiger partial charge in [-0.3, -0.25) is 0 Å². The zero-order chi connectivity index (χ0) is 10.4. The minimum Gasteiger partial charge on any atom is -0.394 e. The van der Waals surface area contributed by atoms with E-state index in [4.69, 9.17) is 10.2 Å². The Morgan fingerprint density at radius 2 is 1.93 bits per heavy atom. The highest BCUT2D eigenvalue weighted by molar-refractivity contribution is 7.98. The second kappa shape index (κ2) is 6.35. The highest BCUT2D eigenvalue weighted by Gasteiger charge is 2.02. The quantitative estimate of drug-likeness (QED) is 0.731. The van der Waals surface area contributed by atoms with Crippen LogP contribution in [0.25, 0.3) is 0 Å². The summed E-state index contributed by atoms with van der Waals surface area (Å²) in [5, 5.41) is 17.7. The molecule has 1 aromatic carbocycles. The Morgan fingerprint density at radius 1 is 1.29 bits per heavy atom. The average molecular weight is 231 g/mol. The molecule has 78 valence electrons. The van der Waals surface area contributed by atoms with E-state index in [2.05, 4.69) is 12.6 Å². The van der Waals surface area contributed by atoms with Crippen molar-refractivity contribution in [1.29, 1.82) is 0 Å². The van der Waals surface area contributed by atoms with Crippen LogP contribution in [0.5, 0.6) is 0 Å². The number of benzene rings is 1. The van der Waals surface area contributed by atoms with E-state index in [0.29, 0.717) is 5.75 Å². The van der Waals surface area contributed by atoms with E-state index < -0.39 is 6.10 Å². The van der Waals surface area contributed by atoms with Crippen LogP contribution in [0, 0.1) is 0 Å². The number of aliphatic hydroxyl groups excluding tert-OH is 2. The summed E-state index contributed by atoms with van der Waals surface area (Å²) >= 11 is 5.04.